The lowest BCUT2D eigenvalue weighted by atomic mass is 9.97. The number of benzene rings is 2. The summed E-state index contributed by atoms with van der Waals surface area (Å²) in [6.45, 7) is 15.6. The molecule has 1 unspecified atom stereocenters. The van der Waals surface area contributed by atoms with E-state index in [1.165, 1.54) is 0 Å². The second kappa shape index (κ2) is 17.9. The van der Waals surface area contributed by atoms with Crippen molar-refractivity contribution in [3.63, 3.8) is 0 Å². The Morgan fingerprint density at radius 2 is 1.63 bits per heavy atom. The third-order valence-electron chi connectivity index (χ3n) is 6.58. The number of allylic oxidation sites excluding steroid dienone is 5. The summed E-state index contributed by atoms with van der Waals surface area (Å²) in [5, 5.41) is 3.94. The third kappa shape index (κ3) is 11.0. The van der Waals surface area contributed by atoms with Crippen molar-refractivity contribution in [2.24, 2.45) is 10.9 Å². The minimum Gasteiger partial charge on any atom is -0.344 e. The summed E-state index contributed by atoms with van der Waals surface area (Å²) in [7, 11) is 0. The highest BCUT2D eigenvalue weighted by molar-refractivity contribution is 6.30. The molecule has 0 radical (unpaired) electrons. The number of nitrogens with zero attached hydrogens (tertiary/aromatic N) is 2. The van der Waals surface area contributed by atoms with Gasteiger partial charge in [0.15, 0.2) is 5.78 Å². The standard InChI is InChI=1S/C23H25ClN2O.C12H19NO/c1-5-7-22(18-8-12-20(24)13-9-18)26-17(4)25-21-14-10-19(11-15-21)23(27)16(3)6-2;1-3-9-13(10-4-2)12(14)11-7-5-6-8-11/h5,7-16H,1,6H2,2-4H3,(H,25,26);5-7H,3-4,8-10H2,1-2H3/b22-7-;. The van der Waals surface area contributed by atoms with E-state index in [-0.39, 0.29) is 17.6 Å². The highest BCUT2D eigenvalue weighted by Crippen LogP contribution is 2.20. The molecule has 1 amide bonds. The van der Waals surface area contributed by atoms with E-state index < -0.39 is 0 Å². The van der Waals surface area contributed by atoms with Crippen molar-refractivity contribution in [2.75, 3.05) is 18.4 Å². The first-order valence-corrected chi connectivity index (χ1v) is 14.8. The lowest BCUT2D eigenvalue weighted by molar-refractivity contribution is -0.127. The topological polar surface area (TPSA) is 61.8 Å². The molecule has 2 aromatic rings. The first kappa shape index (κ1) is 33.5. The van der Waals surface area contributed by atoms with E-state index in [1.807, 2.05) is 98.5 Å². The molecule has 3 rings (SSSR count). The van der Waals surface area contributed by atoms with Gasteiger partial charge in [0.1, 0.15) is 5.84 Å². The summed E-state index contributed by atoms with van der Waals surface area (Å²) in [5.74, 6) is 1.17. The van der Waals surface area contributed by atoms with Crippen LogP contribution in [0, 0.1) is 5.92 Å². The SMILES string of the molecule is C=C/C=C(\N=C(C)Nc1ccc(C(=O)C(C)CC)cc1)c1ccc(Cl)cc1.CCCN(CCC)C(=O)C1=CC=CC1. The summed E-state index contributed by atoms with van der Waals surface area (Å²) < 4.78 is 0. The minimum absolute atomic E-state index is 0.0399. The van der Waals surface area contributed by atoms with Gasteiger partial charge in [-0.3, -0.25) is 9.59 Å². The van der Waals surface area contributed by atoms with Crippen molar-refractivity contribution in [2.45, 2.75) is 60.3 Å². The van der Waals surface area contributed by atoms with Crippen LogP contribution in [0.5, 0.6) is 0 Å². The molecular weight excluding hydrogens is 530 g/mol. The van der Waals surface area contributed by atoms with Crippen LogP contribution in [-0.4, -0.2) is 35.5 Å². The van der Waals surface area contributed by atoms with Crippen LogP contribution in [-0.2, 0) is 4.79 Å². The maximum Gasteiger partial charge on any atom is 0.250 e. The van der Waals surface area contributed by atoms with Gasteiger partial charge in [0.25, 0.3) is 0 Å². The normalized spacial score (nSPS) is 13.6. The zero-order chi connectivity index (χ0) is 30.2. The molecule has 218 valence electrons. The molecule has 1 aliphatic carbocycles. The molecule has 0 aromatic heterocycles. The van der Waals surface area contributed by atoms with E-state index in [9.17, 15) is 9.59 Å². The Kier molecular flexibility index (Phi) is 14.6. The maximum absolute atomic E-state index is 12.2. The number of ketones is 1. The lowest BCUT2D eigenvalue weighted by Gasteiger charge is -2.21. The van der Waals surface area contributed by atoms with Crippen molar-refractivity contribution >= 4 is 40.5 Å². The van der Waals surface area contributed by atoms with Crippen molar-refractivity contribution in [1.82, 2.24) is 4.90 Å². The molecule has 1 atom stereocenters. The van der Waals surface area contributed by atoms with Gasteiger partial charge >= 0.3 is 0 Å². The van der Waals surface area contributed by atoms with Gasteiger partial charge in [0.2, 0.25) is 5.91 Å². The molecule has 0 saturated heterocycles. The van der Waals surface area contributed by atoms with Crippen LogP contribution in [0.25, 0.3) is 5.70 Å². The zero-order valence-corrected chi connectivity index (χ0v) is 25.9. The van der Waals surface area contributed by atoms with E-state index in [0.29, 0.717) is 5.02 Å². The smallest absolute Gasteiger partial charge is 0.250 e. The minimum atomic E-state index is 0.0399. The Hall–Kier alpha value is -3.70. The predicted molar refractivity (Wildman–Crippen MR) is 176 cm³/mol. The predicted octanol–water partition coefficient (Wildman–Crippen LogP) is 9.15. The van der Waals surface area contributed by atoms with Gasteiger partial charge in [-0.2, -0.15) is 0 Å². The van der Waals surface area contributed by atoms with E-state index in [4.69, 9.17) is 11.6 Å². The number of nitrogens with one attached hydrogen (secondary N) is 1. The highest BCUT2D eigenvalue weighted by Gasteiger charge is 2.17. The average Bonchev–Trinajstić information content (AvgIpc) is 3.52. The van der Waals surface area contributed by atoms with Crippen molar-refractivity contribution in [3.05, 3.63) is 107 Å². The summed E-state index contributed by atoms with van der Waals surface area (Å²) in [4.78, 5) is 30.8. The van der Waals surface area contributed by atoms with Gasteiger partial charge in [0, 0.05) is 46.4 Å². The van der Waals surface area contributed by atoms with Gasteiger partial charge in [-0.05, 0) is 75.1 Å². The van der Waals surface area contributed by atoms with Crippen LogP contribution in [0.15, 0.2) is 96.1 Å². The van der Waals surface area contributed by atoms with Gasteiger partial charge < -0.3 is 10.2 Å². The number of anilines is 1. The largest absolute Gasteiger partial charge is 0.344 e. The number of carbonyl (C=O) groups excluding carboxylic acids is 2. The molecule has 0 bridgehead atoms. The molecule has 0 saturated carbocycles. The number of amidine groups is 1. The summed E-state index contributed by atoms with van der Waals surface area (Å²) in [5.41, 5.74) is 4.29. The van der Waals surface area contributed by atoms with Crippen molar-refractivity contribution < 1.29 is 9.59 Å². The summed E-state index contributed by atoms with van der Waals surface area (Å²) in [6, 6.07) is 15.0. The molecule has 0 heterocycles. The van der Waals surface area contributed by atoms with Gasteiger partial charge in [-0.15, -0.1) is 0 Å². The molecule has 5 nitrogen and oxygen atoms in total. The molecule has 2 aromatic carbocycles. The Labute approximate surface area is 251 Å². The number of hydrogen-bond donors (Lipinski definition) is 1. The van der Waals surface area contributed by atoms with Gasteiger partial charge in [-0.1, -0.05) is 82.3 Å². The lowest BCUT2D eigenvalue weighted by Crippen LogP contribution is -2.33. The van der Waals surface area contributed by atoms with E-state index >= 15 is 0 Å². The van der Waals surface area contributed by atoms with Crippen LogP contribution in [0.4, 0.5) is 5.69 Å². The first-order chi connectivity index (χ1) is 19.7. The van der Waals surface area contributed by atoms with Crippen LogP contribution in [0.3, 0.4) is 0 Å². The number of amides is 1. The van der Waals surface area contributed by atoms with E-state index in [1.54, 1.807) is 6.08 Å². The molecule has 1 N–H and O–H groups in total. The van der Waals surface area contributed by atoms with E-state index in [0.717, 1.165) is 72.7 Å². The molecule has 1 aliphatic rings. The third-order valence-corrected chi connectivity index (χ3v) is 6.83. The average molecular weight is 574 g/mol. The van der Waals surface area contributed by atoms with Crippen LogP contribution in [0.2, 0.25) is 5.02 Å². The number of aliphatic imine (C=N–C) groups is 1. The monoisotopic (exact) mass is 573 g/mol. The Morgan fingerprint density at radius 3 is 2.15 bits per heavy atom. The molecule has 0 spiro atoms. The quantitative estimate of drug-likeness (QED) is 0.119. The Bertz CT molecular complexity index is 1270. The number of rotatable bonds is 12. The first-order valence-electron chi connectivity index (χ1n) is 14.4. The summed E-state index contributed by atoms with van der Waals surface area (Å²) >= 11 is 5.96. The van der Waals surface area contributed by atoms with Crippen LogP contribution in [0.1, 0.15) is 76.2 Å². The molecule has 0 fully saturated rings. The van der Waals surface area contributed by atoms with Crippen LogP contribution < -0.4 is 5.32 Å². The maximum atomic E-state index is 12.2. The van der Waals surface area contributed by atoms with Gasteiger partial charge in [-0.25, -0.2) is 4.99 Å². The fourth-order valence-corrected chi connectivity index (χ4v) is 4.33. The second-order valence-corrected chi connectivity index (χ2v) is 10.4. The Balaban J connectivity index is 0.000000353. The number of halogens is 1. The fourth-order valence-electron chi connectivity index (χ4n) is 4.20. The molecular formula is C35H44ClN3O2. The fraction of sp³-hybridized carbons (Fsp3) is 0.343. The Morgan fingerprint density at radius 1 is 1.02 bits per heavy atom. The van der Waals surface area contributed by atoms with Crippen molar-refractivity contribution in [3.8, 4) is 0 Å². The zero-order valence-electron chi connectivity index (χ0n) is 25.1. The molecule has 41 heavy (non-hydrogen) atoms. The highest BCUT2D eigenvalue weighted by atomic mass is 35.5. The van der Waals surface area contributed by atoms with Gasteiger partial charge in [0.05, 0.1) is 5.70 Å². The number of Topliss-reactive ketones (excluding diaryl/α,β-unsaturated/α-hetero) is 1. The van der Waals surface area contributed by atoms with Crippen molar-refractivity contribution in [1.29, 1.82) is 0 Å². The molecule has 6 heteroatoms. The second-order valence-electron chi connectivity index (χ2n) is 9.98. The number of hydrogen-bond acceptors (Lipinski definition) is 3. The number of carbonyl (C=O) groups is 2. The van der Waals surface area contributed by atoms with E-state index in [2.05, 4.69) is 30.7 Å². The van der Waals surface area contributed by atoms with Crippen LogP contribution >= 0.6 is 11.6 Å². The molecule has 0 aliphatic heterocycles. The summed E-state index contributed by atoms with van der Waals surface area (Å²) in [6.07, 6.45) is 13.2.